The van der Waals surface area contributed by atoms with Crippen LogP contribution in [-0.4, -0.2) is 54.2 Å². The highest BCUT2D eigenvalue weighted by atomic mass is 31.2. The van der Waals surface area contributed by atoms with Crippen molar-refractivity contribution in [1.29, 1.82) is 0 Å². The molecule has 1 N–H and O–H groups in total. The van der Waals surface area contributed by atoms with Crippen LogP contribution in [0.4, 0.5) is 0 Å². The predicted octanol–water partition coefficient (Wildman–Crippen LogP) is 3.38. The van der Waals surface area contributed by atoms with Crippen LogP contribution in [0.2, 0.25) is 0 Å². The van der Waals surface area contributed by atoms with Crippen molar-refractivity contribution in [1.82, 2.24) is 4.90 Å². The van der Waals surface area contributed by atoms with Crippen molar-refractivity contribution < 1.29 is 9.67 Å². The summed E-state index contributed by atoms with van der Waals surface area (Å²) in [5, 5.41) is 10.2. The van der Waals surface area contributed by atoms with E-state index in [2.05, 4.69) is 36.1 Å². The van der Waals surface area contributed by atoms with Gasteiger partial charge in [-0.3, -0.25) is 4.90 Å². The van der Waals surface area contributed by atoms with Crippen molar-refractivity contribution in [3.63, 3.8) is 0 Å². The van der Waals surface area contributed by atoms with Crippen LogP contribution >= 0.6 is 7.14 Å². The number of piperidine rings is 1. The highest BCUT2D eigenvalue weighted by molar-refractivity contribution is 7.63. The van der Waals surface area contributed by atoms with E-state index in [1.807, 2.05) is 6.66 Å². The molecule has 0 saturated carbocycles. The first-order valence-electron chi connectivity index (χ1n) is 8.97. The summed E-state index contributed by atoms with van der Waals surface area (Å²) in [5.41, 5.74) is 2.88. The molecule has 1 aromatic carbocycles. The van der Waals surface area contributed by atoms with Gasteiger partial charge in [-0.05, 0) is 69.4 Å². The fourth-order valence-corrected chi connectivity index (χ4v) is 6.74. The SMILES string of the molecule is Cc1ccccc1CCC1CCN([C@@H]2C[P@](C)(=O)C[C@H]2O)CC1. The van der Waals surface area contributed by atoms with Gasteiger partial charge >= 0.3 is 0 Å². The number of benzene rings is 1. The summed E-state index contributed by atoms with van der Waals surface area (Å²) in [6, 6.07) is 8.83. The van der Waals surface area contributed by atoms with Gasteiger partial charge in [-0.1, -0.05) is 24.3 Å². The largest absolute Gasteiger partial charge is 0.391 e. The van der Waals surface area contributed by atoms with Gasteiger partial charge in [0.1, 0.15) is 0 Å². The Morgan fingerprint density at radius 3 is 2.52 bits per heavy atom. The Kier molecular flexibility index (Phi) is 5.30. The van der Waals surface area contributed by atoms with Crippen molar-refractivity contribution in [3.8, 4) is 0 Å². The first kappa shape index (κ1) is 17.2. The van der Waals surface area contributed by atoms with Crippen LogP contribution in [-0.2, 0) is 11.0 Å². The van der Waals surface area contributed by atoms with E-state index in [0.29, 0.717) is 12.3 Å². The second-order valence-corrected chi connectivity index (χ2v) is 11.1. The third-order valence-corrected chi connectivity index (χ3v) is 8.09. The number of likely N-dealkylation sites (tertiary alicyclic amines) is 1. The van der Waals surface area contributed by atoms with Gasteiger partial charge in [-0.25, -0.2) is 0 Å². The Hall–Kier alpha value is -0.630. The highest BCUT2D eigenvalue weighted by Crippen LogP contribution is 2.50. The Balaban J connectivity index is 1.47. The van der Waals surface area contributed by atoms with E-state index in [0.717, 1.165) is 19.0 Å². The number of hydrogen-bond acceptors (Lipinski definition) is 3. The fraction of sp³-hybridized carbons (Fsp3) is 0.684. The predicted molar refractivity (Wildman–Crippen MR) is 96.9 cm³/mol. The van der Waals surface area contributed by atoms with Gasteiger partial charge in [-0.2, -0.15) is 0 Å². The molecular weight excluding hydrogens is 305 g/mol. The minimum atomic E-state index is -2.09. The standard InChI is InChI=1S/C19H30NO2P/c1-15-5-3-4-6-17(15)8-7-16-9-11-20(12-10-16)18-13-23(2,22)14-19(18)21/h3-6,16,18-19,21H,7-14H2,1-2H3/t18-,19-,23+/m1/s1. The number of nitrogens with zero attached hydrogens (tertiary/aromatic N) is 1. The van der Waals surface area contributed by atoms with Gasteiger partial charge in [0.2, 0.25) is 0 Å². The lowest BCUT2D eigenvalue weighted by Crippen LogP contribution is -2.47. The summed E-state index contributed by atoms with van der Waals surface area (Å²) in [7, 11) is -2.09. The summed E-state index contributed by atoms with van der Waals surface area (Å²) in [4.78, 5) is 2.40. The quantitative estimate of drug-likeness (QED) is 0.858. The van der Waals surface area contributed by atoms with Crippen molar-refractivity contribution in [2.45, 2.75) is 44.8 Å². The van der Waals surface area contributed by atoms with Crippen LogP contribution < -0.4 is 0 Å². The molecule has 3 atom stereocenters. The smallest absolute Gasteiger partial charge is 0.0890 e. The molecule has 1 aromatic rings. The van der Waals surface area contributed by atoms with Gasteiger partial charge in [0.25, 0.3) is 0 Å². The summed E-state index contributed by atoms with van der Waals surface area (Å²) < 4.78 is 12.2. The first-order valence-corrected chi connectivity index (χ1v) is 11.5. The van der Waals surface area contributed by atoms with Gasteiger partial charge in [-0.15, -0.1) is 0 Å². The molecular formula is C19H30NO2P. The molecule has 0 aromatic heterocycles. The third-order valence-electron chi connectivity index (χ3n) is 5.79. The minimum Gasteiger partial charge on any atom is -0.391 e. The molecule has 128 valence electrons. The molecule has 0 bridgehead atoms. The van der Waals surface area contributed by atoms with Crippen molar-refractivity contribution in [2.24, 2.45) is 5.92 Å². The van der Waals surface area contributed by atoms with Crippen molar-refractivity contribution in [2.75, 3.05) is 32.1 Å². The normalized spacial score (nSPS) is 33.2. The maximum Gasteiger partial charge on any atom is 0.0890 e. The van der Waals surface area contributed by atoms with Crippen LogP contribution in [0.15, 0.2) is 24.3 Å². The monoisotopic (exact) mass is 335 g/mol. The lowest BCUT2D eigenvalue weighted by molar-refractivity contribution is 0.0577. The van der Waals surface area contributed by atoms with E-state index in [9.17, 15) is 9.67 Å². The van der Waals surface area contributed by atoms with Gasteiger partial charge in [0.05, 0.1) is 13.2 Å². The number of hydrogen-bond donors (Lipinski definition) is 1. The number of aliphatic hydroxyl groups is 1. The molecule has 0 spiro atoms. The lowest BCUT2D eigenvalue weighted by Gasteiger charge is -2.37. The third kappa shape index (κ3) is 4.26. The van der Waals surface area contributed by atoms with Crippen LogP contribution in [0.5, 0.6) is 0 Å². The van der Waals surface area contributed by atoms with E-state index in [-0.39, 0.29) is 12.1 Å². The van der Waals surface area contributed by atoms with Gasteiger partial charge in [0, 0.05) is 18.4 Å². The first-order chi connectivity index (χ1) is 10.9. The molecule has 2 heterocycles. The number of aryl methyl sites for hydroxylation is 2. The Morgan fingerprint density at radius 1 is 1.22 bits per heavy atom. The summed E-state index contributed by atoms with van der Waals surface area (Å²) in [6.07, 6.45) is 5.71. The molecule has 0 aliphatic carbocycles. The van der Waals surface area contributed by atoms with Crippen molar-refractivity contribution >= 4 is 7.14 Å². The summed E-state index contributed by atoms with van der Waals surface area (Å²) >= 11 is 0. The maximum absolute atomic E-state index is 12.2. The Bertz CT molecular complexity index is 580. The molecule has 0 amide bonds. The van der Waals surface area contributed by atoms with Gasteiger partial charge < -0.3 is 9.67 Å². The molecule has 0 radical (unpaired) electrons. The maximum atomic E-state index is 12.2. The molecule has 2 fully saturated rings. The van der Waals surface area contributed by atoms with Crippen LogP contribution in [0.3, 0.4) is 0 Å². The molecule has 3 nitrogen and oxygen atoms in total. The zero-order valence-electron chi connectivity index (χ0n) is 14.4. The van der Waals surface area contributed by atoms with E-state index in [4.69, 9.17) is 0 Å². The topological polar surface area (TPSA) is 40.5 Å². The van der Waals surface area contributed by atoms with Crippen molar-refractivity contribution in [3.05, 3.63) is 35.4 Å². The summed E-state index contributed by atoms with van der Waals surface area (Å²) in [6.45, 7) is 6.16. The van der Waals surface area contributed by atoms with E-state index < -0.39 is 7.14 Å². The van der Waals surface area contributed by atoms with Crippen LogP contribution in [0, 0.1) is 12.8 Å². The van der Waals surface area contributed by atoms with Crippen LogP contribution in [0.1, 0.15) is 30.4 Å². The molecule has 2 aliphatic rings. The number of aliphatic hydroxyl groups excluding tert-OH is 1. The lowest BCUT2D eigenvalue weighted by atomic mass is 9.89. The van der Waals surface area contributed by atoms with Crippen LogP contribution in [0.25, 0.3) is 0 Å². The Morgan fingerprint density at radius 2 is 1.91 bits per heavy atom. The summed E-state index contributed by atoms with van der Waals surface area (Å²) in [5.74, 6) is 0.790. The zero-order chi connectivity index (χ0) is 16.4. The average molecular weight is 335 g/mol. The highest BCUT2D eigenvalue weighted by Gasteiger charge is 2.41. The van der Waals surface area contributed by atoms with E-state index in [1.165, 1.54) is 36.8 Å². The molecule has 2 saturated heterocycles. The molecule has 23 heavy (non-hydrogen) atoms. The Labute approximate surface area is 140 Å². The van der Waals surface area contributed by atoms with E-state index in [1.54, 1.807) is 0 Å². The van der Waals surface area contributed by atoms with Gasteiger partial charge in [0.15, 0.2) is 0 Å². The molecule has 3 rings (SSSR count). The minimum absolute atomic E-state index is 0.142. The zero-order valence-corrected chi connectivity index (χ0v) is 15.3. The second kappa shape index (κ2) is 7.09. The molecule has 2 aliphatic heterocycles. The van der Waals surface area contributed by atoms with E-state index >= 15 is 0 Å². The number of rotatable bonds is 4. The average Bonchev–Trinajstić information content (AvgIpc) is 2.80. The second-order valence-electron chi connectivity index (χ2n) is 7.74. The molecule has 4 heteroatoms. The fourth-order valence-electron chi connectivity index (χ4n) is 4.29. The molecule has 0 unspecified atom stereocenters.